The molecule has 0 radical (unpaired) electrons. The van der Waals surface area contributed by atoms with E-state index in [0.717, 1.165) is 36.5 Å². The molecule has 1 aromatic heterocycles. The molecule has 1 aliphatic heterocycles. The summed E-state index contributed by atoms with van der Waals surface area (Å²) < 4.78 is 21.4. The number of methoxy groups -OCH3 is 1. The molecule has 2 aromatic rings. The van der Waals surface area contributed by atoms with E-state index >= 15 is 0 Å². The lowest BCUT2D eigenvalue weighted by Crippen LogP contribution is -2.24. The van der Waals surface area contributed by atoms with Crippen molar-refractivity contribution in [1.82, 2.24) is 14.7 Å². The van der Waals surface area contributed by atoms with Crippen LogP contribution in [0.15, 0.2) is 18.2 Å². The average molecular weight is 328 g/mol. The van der Waals surface area contributed by atoms with Crippen LogP contribution in [0.25, 0.3) is 0 Å². The van der Waals surface area contributed by atoms with Gasteiger partial charge >= 0.3 is 0 Å². The number of halogens is 1. The zero-order valence-electron chi connectivity index (χ0n) is 14.2. The van der Waals surface area contributed by atoms with E-state index in [1.54, 1.807) is 17.9 Å². The third kappa shape index (κ3) is 2.87. The van der Waals surface area contributed by atoms with E-state index < -0.39 is 0 Å². The van der Waals surface area contributed by atoms with Gasteiger partial charge in [0.25, 0.3) is 0 Å². The van der Waals surface area contributed by atoms with Crippen LogP contribution in [-0.4, -0.2) is 28.3 Å². The number of hydrogen-bond donors (Lipinski definition) is 0. The fourth-order valence-corrected chi connectivity index (χ4v) is 3.61. The molecule has 0 N–H and O–H groups in total. The van der Waals surface area contributed by atoms with Gasteiger partial charge in [0.15, 0.2) is 0 Å². The summed E-state index contributed by atoms with van der Waals surface area (Å²) in [4.78, 5) is 2.24. The van der Waals surface area contributed by atoms with Crippen molar-refractivity contribution in [2.24, 2.45) is 7.05 Å². The summed E-state index contributed by atoms with van der Waals surface area (Å²) in [6, 6.07) is 6.74. The number of aromatic nitrogens is 2. The monoisotopic (exact) mass is 328 g/mol. The molecule has 0 spiro atoms. The Bertz CT molecular complexity index is 793. The molecule has 0 amide bonds. The van der Waals surface area contributed by atoms with Crippen LogP contribution >= 0.6 is 0 Å². The van der Waals surface area contributed by atoms with Crippen molar-refractivity contribution in [3.63, 3.8) is 0 Å². The van der Waals surface area contributed by atoms with Gasteiger partial charge < -0.3 is 4.74 Å². The summed E-state index contributed by atoms with van der Waals surface area (Å²) in [5.74, 6) is 0.491. The first-order valence-electron chi connectivity index (χ1n) is 8.05. The van der Waals surface area contributed by atoms with Crippen LogP contribution in [0.3, 0.4) is 0 Å². The number of benzene rings is 1. The smallest absolute Gasteiger partial charge is 0.216 e. The van der Waals surface area contributed by atoms with Gasteiger partial charge in [-0.05, 0) is 44.5 Å². The van der Waals surface area contributed by atoms with E-state index in [1.807, 2.05) is 14.0 Å². The molecular weight excluding hydrogens is 307 g/mol. The second-order valence-corrected chi connectivity index (χ2v) is 6.18. The van der Waals surface area contributed by atoms with Crippen molar-refractivity contribution in [2.75, 3.05) is 13.7 Å². The maximum atomic E-state index is 14.1. The molecule has 2 heterocycles. The Hall–Kier alpha value is -2.39. The normalized spacial score (nSPS) is 17.9. The number of rotatable bonds is 4. The van der Waals surface area contributed by atoms with E-state index in [-0.39, 0.29) is 11.9 Å². The van der Waals surface area contributed by atoms with Crippen LogP contribution in [0.4, 0.5) is 4.39 Å². The van der Waals surface area contributed by atoms with Crippen molar-refractivity contribution in [2.45, 2.75) is 32.4 Å². The maximum Gasteiger partial charge on any atom is 0.216 e. The third-order valence-corrected chi connectivity index (χ3v) is 4.65. The molecule has 0 saturated carbocycles. The fraction of sp³-hybridized carbons (Fsp3) is 0.444. The highest BCUT2D eigenvalue weighted by Crippen LogP contribution is 2.39. The first kappa shape index (κ1) is 16.5. The quantitative estimate of drug-likeness (QED) is 0.865. The summed E-state index contributed by atoms with van der Waals surface area (Å²) in [7, 11) is 3.51. The number of nitrogens with zero attached hydrogens (tertiary/aromatic N) is 4. The number of hydrogen-bond acceptors (Lipinski definition) is 4. The lowest BCUT2D eigenvalue weighted by molar-refractivity contribution is 0.238. The van der Waals surface area contributed by atoms with Crippen molar-refractivity contribution >= 4 is 0 Å². The van der Waals surface area contributed by atoms with Crippen LogP contribution in [0.2, 0.25) is 0 Å². The Kier molecular flexibility index (Phi) is 4.54. The van der Waals surface area contributed by atoms with Gasteiger partial charge in [0.1, 0.15) is 5.82 Å². The van der Waals surface area contributed by atoms with Gasteiger partial charge in [-0.15, -0.1) is 0 Å². The van der Waals surface area contributed by atoms with Crippen molar-refractivity contribution in [3.05, 3.63) is 46.4 Å². The summed E-state index contributed by atoms with van der Waals surface area (Å²) in [5, 5.41) is 13.5. The number of nitriles is 1. The van der Waals surface area contributed by atoms with Crippen molar-refractivity contribution < 1.29 is 9.13 Å². The van der Waals surface area contributed by atoms with Gasteiger partial charge in [-0.1, -0.05) is 0 Å². The first-order chi connectivity index (χ1) is 11.5. The van der Waals surface area contributed by atoms with E-state index in [4.69, 9.17) is 10.00 Å². The van der Waals surface area contributed by atoms with Gasteiger partial charge in [0, 0.05) is 25.2 Å². The van der Waals surface area contributed by atoms with Crippen LogP contribution < -0.4 is 4.74 Å². The van der Waals surface area contributed by atoms with E-state index in [0.29, 0.717) is 17.7 Å². The lowest BCUT2D eigenvalue weighted by atomic mass is 10.0. The van der Waals surface area contributed by atoms with Gasteiger partial charge in [-0.2, -0.15) is 10.4 Å². The van der Waals surface area contributed by atoms with Gasteiger partial charge in [-0.25, -0.2) is 9.07 Å². The van der Waals surface area contributed by atoms with Gasteiger partial charge in [0.05, 0.1) is 30.0 Å². The SMILES string of the molecule is COc1c(C2CCCN2Cc2cc(C#N)ccc2F)c(C)nn1C. The van der Waals surface area contributed by atoms with Crippen molar-refractivity contribution in [3.8, 4) is 11.9 Å². The lowest BCUT2D eigenvalue weighted by Gasteiger charge is -2.25. The zero-order valence-corrected chi connectivity index (χ0v) is 14.2. The van der Waals surface area contributed by atoms with E-state index in [9.17, 15) is 4.39 Å². The highest BCUT2D eigenvalue weighted by molar-refractivity contribution is 5.36. The molecule has 1 fully saturated rings. The van der Waals surface area contributed by atoms with Crippen LogP contribution in [0, 0.1) is 24.1 Å². The molecule has 1 unspecified atom stereocenters. The standard InChI is InChI=1S/C18H21FN4O/c1-12-17(18(24-3)22(2)21-12)16-5-4-8-23(16)11-14-9-13(10-20)6-7-15(14)19/h6-7,9,16H,4-5,8,11H2,1-3H3. The van der Waals surface area contributed by atoms with Gasteiger partial charge in [0.2, 0.25) is 5.88 Å². The molecule has 126 valence electrons. The zero-order chi connectivity index (χ0) is 17.3. The predicted molar refractivity (Wildman–Crippen MR) is 88.0 cm³/mol. The molecule has 6 heteroatoms. The number of aryl methyl sites for hydroxylation is 2. The minimum absolute atomic E-state index is 0.152. The van der Waals surface area contributed by atoms with E-state index in [2.05, 4.69) is 16.1 Å². The maximum absolute atomic E-state index is 14.1. The van der Waals surface area contributed by atoms with Crippen LogP contribution in [0.5, 0.6) is 5.88 Å². The first-order valence-corrected chi connectivity index (χ1v) is 8.05. The topological polar surface area (TPSA) is 54.1 Å². The highest BCUT2D eigenvalue weighted by Gasteiger charge is 2.32. The molecule has 1 atom stereocenters. The van der Waals surface area contributed by atoms with Gasteiger partial charge in [-0.3, -0.25) is 4.90 Å². The Morgan fingerprint density at radius 3 is 2.96 bits per heavy atom. The second kappa shape index (κ2) is 6.62. The summed E-state index contributed by atoms with van der Waals surface area (Å²) in [6.45, 7) is 3.34. The minimum Gasteiger partial charge on any atom is -0.481 e. The Labute approximate surface area is 141 Å². The number of likely N-dealkylation sites (tertiary alicyclic amines) is 1. The number of ether oxygens (including phenoxy) is 1. The third-order valence-electron chi connectivity index (χ3n) is 4.65. The Balaban J connectivity index is 1.91. The summed E-state index contributed by atoms with van der Waals surface area (Å²) in [5.41, 5.74) is 3.06. The van der Waals surface area contributed by atoms with Crippen molar-refractivity contribution in [1.29, 1.82) is 5.26 Å². The largest absolute Gasteiger partial charge is 0.481 e. The molecular formula is C18H21FN4O. The molecule has 5 nitrogen and oxygen atoms in total. The van der Waals surface area contributed by atoms with E-state index in [1.165, 1.54) is 12.1 Å². The highest BCUT2D eigenvalue weighted by atomic mass is 19.1. The fourth-order valence-electron chi connectivity index (χ4n) is 3.61. The molecule has 1 aromatic carbocycles. The summed E-state index contributed by atoms with van der Waals surface area (Å²) >= 11 is 0. The molecule has 0 aliphatic carbocycles. The Morgan fingerprint density at radius 1 is 1.46 bits per heavy atom. The van der Waals surface area contributed by atoms with Crippen LogP contribution in [0.1, 0.15) is 41.3 Å². The molecule has 3 rings (SSSR count). The van der Waals surface area contributed by atoms with Crippen LogP contribution in [-0.2, 0) is 13.6 Å². The molecule has 1 aliphatic rings. The summed E-state index contributed by atoms with van der Waals surface area (Å²) in [6.07, 6.45) is 2.03. The second-order valence-electron chi connectivity index (χ2n) is 6.18. The molecule has 0 bridgehead atoms. The Morgan fingerprint density at radius 2 is 2.25 bits per heavy atom. The average Bonchev–Trinajstić information content (AvgIpc) is 3.12. The minimum atomic E-state index is -0.269. The molecule has 1 saturated heterocycles. The molecule has 24 heavy (non-hydrogen) atoms. The predicted octanol–water partition coefficient (Wildman–Crippen LogP) is 3.09.